The van der Waals surface area contributed by atoms with Crippen LogP contribution in [0.1, 0.15) is 40.0 Å². The fraction of sp³-hybridized carbons (Fsp3) is 0.833. The average Bonchev–Trinajstić information content (AvgIpc) is 3.02. The highest BCUT2D eigenvalue weighted by atomic mass is 79.9. The van der Waals surface area contributed by atoms with E-state index in [0.717, 1.165) is 0 Å². The van der Waals surface area contributed by atoms with Crippen molar-refractivity contribution in [3.8, 4) is 6.07 Å². The molecular weight excluding hydrogens is 286 g/mol. The molecule has 0 spiro atoms. The Morgan fingerprint density at radius 3 is 2.35 bits per heavy atom. The number of carbonyl (C=O) groups is 1. The fourth-order valence-electron chi connectivity index (χ4n) is 2.17. The second kappa shape index (κ2) is 3.24. The van der Waals surface area contributed by atoms with E-state index in [4.69, 9.17) is 4.74 Å². The van der Waals surface area contributed by atoms with Crippen LogP contribution in [-0.4, -0.2) is 26.6 Å². The van der Waals surface area contributed by atoms with Gasteiger partial charge >= 0.3 is 5.97 Å². The summed E-state index contributed by atoms with van der Waals surface area (Å²) in [6.45, 7) is 5.29. The van der Waals surface area contributed by atoms with Gasteiger partial charge in [-0.25, -0.2) is 0 Å². The number of carbonyl (C=O) groups excluding carboxylic acids is 1. The number of hydrogen-bond acceptors (Lipinski definition) is 4. The van der Waals surface area contributed by atoms with E-state index >= 15 is 0 Å². The minimum absolute atomic E-state index is 0.321. The van der Waals surface area contributed by atoms with Crippen molar-refractivity contribution in [2.75, 3.05) is 0 Å². The molecule has 2 saturated carbocycles. The highest BCUT2D eigenvalue weighted by molar-refractivity contribution is 9.10. The van der Waals surface area contributed by atoms with Gasteiger partial charge in [0.05, 0.1) is 16.0 Å². The average molecular weight is 302 g/mol. The summed E-state index contributed by atoms with van der Waals surface area (Å²) in [6, 6.07) is 2.03. The summed E-state index contributed by atoms with van der Waals surface area (Å²) < 4.78 is 4.46. The van der Waals surface area contributed by atoms with E-state index in [9.17, 15) is 15.2 Å². The van der Waals surface area contributed by atoms with Crippen molar-refractivity contribution in [1.29, 1.82) is 5.26 Å². The van der Waals surface area contributed by atoms with Crippen LogP contribution in [0.2, 0.25) is 0 Å². The van der Waals surface area contributed by atoms with Gasteiger partial charge in [-0.3, -0.25) is 4.79 Å². The van der Waals surface area contributed by atoms with Gasteiger partial charge in [0.15, 0.2) is 5.41 Å². The number of aliphatic hydroxyl groups is 1. The zero-order valence-electron chi connectivity index (χ0n) is 10.2. The standard InChI is InChI=1S/C12H16BrNO3/c1-9(2,3)17-8(15)10(7-14)6-12(10,13)11(16)4-5-11/h16H,4-6H2,1-3H3/t10-,12+/m1/s1. The van der Waals surface area contributed by atoms with E-state index in [1.807, 2.05) is 6.07 Å². The lowest BCUT2D eigenvalue weighted by Crippen LogP contribution is -2.38. The molecule has 2 aliphatic rings. The molecule has 0 aromatic carbocycles. The number of hydrogen-bond donors (Lipinski definition) is 1. The Bertz CT molecular complexity index is 418. The molecule has 0 aliphatic heterocycles. The number of alkyl halides is 1. The van der Waals surface area contributed by atoms with Crippen LogP contribution in [0.25, 0.3) is 0 Å². The normalized spacial score (nSPS) is 38.1. The van der Waals surface area contributed by atoms with Gasteiger partial charge in [-0.2, -0.15) is 5.26 Å². The van der Waals surface area contributed by atoms with Gasteiger partial charge in [-0.05, 0) is 40.0 Å². The lowest BCUT2D eigenvalue weighted by molar-refractivity contribution is -0.160. The van der Waals surface area contributed by atoms with E-state index < -0.39 is 26.9 Å². The SMILES string of the molecule is CC(C)(C)OC(=O)[C@]1(C#N)C[C@@]1(Br)C1(O)CC1. The predicted octanol–water partition coefficient (Wildman–Crippen LogP) is 1.90. The third kappa shape index (κ3) is 1.69. The Morgan fingerprint density at radius 1 is 1.47 bits per heavy atom. The first kappa shape index (κ1) is 12.8. The largest absolute Gasteiger partial charge is 0.459 e. The van der Waals surface area contributed by atoms with Crippen molar-refractivity contribution in [1.82, 2.24) is 0 Å². The number of esters is 1. The van der Waals surface area contributed by atoms with Crippen LogP contribution in [0.5, 0.6) is 0 Å². The van der Waals surface area contributed by atoms with Gasteiger partial charge in [0.25, 0.3) is 0 Å². The van der Waals surface area contributed by atoms with Crippen molar-refractivity contribution in [2.24, 2.45) is 5.41 Å². The van der Waals surface area contributed by atoms with Crippen molar-refractivity contribution in [3.63, 3.8) is 0 Å². The maximum absolute atomic E-state index is 12.1. The van der Waals surface area contributed by atoms with Crippen LogP contribution in [0.3, 0.4) is 0 Å². The van der Waals surface area contributed by atoms with Crippen molar-refractivity contribution in [3.05, 3.63) is 0 Å². The first-order valence-corrected chi connectivity index (χ1v) is 6.46. The van der Waals surface area contributed by atoms with Gasteiger partial charge < -0.3 is 9.84 Å². The summed E-state index contributed by atoms with van der Waals surface area (Å²) in [5.74, 6) is -0.537. The minimum atomic E-state index is -1.23. The molecule has 0 aromatic heterocycles. The Labute approximate surface area is 109 Å². The lowest BCUT2D eigenvalue weighted by Gasteiger charge is -2.24. The zero-order valence-corrected chi connectivity index (χ0v) is 11.8. The van der Waals surface area contributed by atoms with Crippen LogP contribution in [-0.2, 0) is 9.53 Å². The van der Waals surface area contributed by atoms with Gasteiger partial charge in [0.1, 0.15) is 5.60 Å². The summed E-state index contributed by atoms with van der Waals surface area (Å²) in [5, 5.41) is 19.4. The molecule has 2 rings (SSSR count). The fourth-order valence-corrected chi connectivity index (χ4v) is 3.24. The molecule has 0 radical (unpaired) electrons. The highest BCUT2D eigenvalue weighted by Crippen LogP contribution is 2.73. The lowest BCUT2D eigenvalue weighted by atomic mass is 10.0. The summed E-state index contributed by atoms with van der Waals surface area (Å²) >= 11 is 3.39. The van der Waals surface area contributed by atoms with E-state index in [1.54, 1.807) is 20.8 Å². The second-order valence-corrected chi connectivity index (χ2v) is 7.38. The topological polar surface area (TPSA) is 70.3 Å². The molecule has 0 aromatic rings. The molecule has 17 heavy (non-hydrogen) atoms. The van der Waals surface area contributed by atoms with Crippen LogP contribution in [0, 0.1) is 16.7 Å². The molecule has 0 unspecified atom stereocenters. The maximum Gasteiger partial charge on any atom is 0.328 e. The maximum atomic E-state index is 12.1. The van der Waals surface area contributed by atoms with Gasteiger partial charge in [0.2, 0.25) is 0 Å². The number of nitrogens with zero attached hydrogens (tertiary/aromatic N) is 1. The summed E-state index contributed by atoms with van der Waals surface area (Å²) in [5.41, 5.74) is -2.77. The Hall–Kier alpha value is -0.600. The van der Waals surface area contributed by atoms with Crippen LogP contribution in [0.15, 0.2) is 0 Å². The second-order valence-electron chi connectivity index (χ2n) is 6.03. The van der Waals surface area contributed by atoms with E-state index in [2.05, 4.69) is 15.9 Å². The van der Waals surface area contributed by atoms with Gasteiger partial charge in [-0.1, -0.05) is 15.9 Å². The third-order valence-electron chi connectivity index (χ3n) is 3.46. The minimum Gasteiger partial charge on any atom is -0.459 e. The molecule has 4 nitrogen and oxygen atoms in total. The van der Waals surface area contributed by atoms with E-state index in [1.165, 1.54) is 0 Å². The molecular formula is C12H16BrNO3. The smallest absolute Gasteiger partial charge is 0.328 e. The predicted molar refractivity (Wildman–Crippen MR) is 64.3 cm³/mol. The monoisotopic (exact) mass is 301 g/mol. The van der Waals surface area contributed by atoms with E-state index in [-0.39, 0.29) is 0 Å². The molecule has 0 heterocycles. The summed E-state index contributed by atoms with van der Waals surface area (Å²) in [6.07, 6.45) is 1.58. The number of ether oxygens (including phenoxy) is 1. The number of nitriles is 1. The van der Waals surface area contributed by atoms with Crippen LogP contribution < -0.4 is 0 Å². The zero-order chi connectivity index (χ0) is 13.1. The molecule has 0 bridgehead atoms. The van der Waals surface area contributed by atoms with Crippen LogP contribution >= 0.6 is 15.9 Å². The molecule has 2 fully saturated rings. The van der Waals surface area contributed by atoms with Crippen molar-refractivity contribution in [2.45, 2.75) is 55.6 Å². The molecule has 0 amide bonds. The van der Waals surface area contributed by atoms with Gasteiger partial charge in [0, 0.05) is 0 Å². The first-order valence-electron chi connectivity index (χ1n) is 5.66. The molecule has 2 aliphatic carbocycles. The third-order valence-corrected chi connectivity index (χ3v) is 5.15. The highest BCUT2D eigenvalue weighted by Gasteiger charge is 2.83. The summed E-state index contributed by atoms with van der Waals surface area (Å²) in [4.78, 5) is 12.1. The summed E-state index contributed by atoms with van der Waals surface area (Å²) in [7, 11) is 0. The number of rotatable bonds is 2. The molecule has 0 saturated heterocycles. The Balaban J connectivity index is 2.20. The molecule has 94 valence electrons. The molecule has 5 heteroatoms. The molecule has 1 N–H and O–H groups in total. The first-order chi connectivity index (χ1) is 7.60. The van der Waals surface area contributed by atoms with Crippen molar-refractivity contribution >= 4 is 21.9 Å². The number of halogens is 1. The van der Waals surface area contributed by atoms with Crippen LogP contribution in [0.4, 0.5) is 0 Å². The Kier molecular flexibility index (Phi) is 2.45. The molecule has 2 atom stereocenters. The Morgan fingerprint density at radius 2 is 2.00 bits per heavy atom. The van der Waals surface area contributed by atoms with Crippen molar-refractivity contribution < 1.29 is 14.6 Å². The van der Waals surface area contributed by atoms with E-state index in [0.29, 0.717) is 19.3 Å². The van der Waals surface area contributed by atoms with Gasteiger partial charge in [-0.15, -0.1) is 0 Å². The quantitative estimate of drug-likeness (QED) is 0.625.